The molecular formula is C54H35N. The summed E-state index contributed by atoms with van der Waals surface area (Å²) in [7, 11) is 0. The molecule has 0 atom stereocenters. The van der Waals surface area contributed by atoms with Gasteiger partial charge in [0.15, 0.2) is 0 Å². The van der Waals surface area contributed by atoms with E-state index in [0.717, 1.165) is 28.1 Å². The standard InChI is InChI=1S/C54H35N/c1-4-17-36(18-5-1)39-31-40(37-19-6-2-7-20-37)33-42(32-39)52-35-41(34-51(55-52)38-21-8-3-9-22-38)43-26-16-30-50-53(43)46-25-12-15-29-49(46)54(50)47-27-13-10-23-44(47)45-24-11-14-28-48(45)54/h1-35H. The summed E-state index contributed by atoms with van der Waals surface area (Å²) < 4.78 is 0. The molecule has 256 valence electrons. The average Bonchev–Trinajstić information content (AvgIpc) is 3.75. The highest BCUT2D eigenvalue weighted by atomic mass is 14.7. The van der Waals surface area contributed by atoms with Crippen LogP contribution < -0.4 is 0 Å². The molecule has 1 nitrogen and oxygen atoms in total. The van der Waals surface area contributed by atoms with Crippen LogP contribution in [0.4, 0.5) is 0 Å². The van der Waals surface area contributed by atoms with Gasteiger partial charge in [-0.05, 0) is 108 Å². The minimum atomic E-state index is -0.401. The van der Waals surface area contributed by atoms with Crippen molar-refractivity contribution in [2.45, 2.75) is 5.41 Å². The Morgan fingerprint density at radius 3 is 1.22 bits per heavy atom. The minimum Gasteiger partial charge on any atom is -0.248 e. The Labute approximate surface area is 321 Å². The number of pyridine rings is 1. The Morgan fingerprint density at radius 2 is 0.655 bits per heavy atom. The van der Waals surface area contributed by atoms with Crippen LogP contribution in [0.3, 0.4) is 0 Å². The first-order valence-electron chi connectivity index (χ1n) is 19.0. The molecule has 9 aromatic rings. The number of hydrogen-bond acceptors (Lipinski definition) is 1. The predicted octanol–water partition coefficient (Wildman–Crippen LogP) is 13.8. The van der Waals surface area contributed by atoms with E-state index >= 15 is 0 Å². The van der Waals surface area contributed by atoms with Crippen LogP contribution in [0.5, 0.6) is 0 Å². The number of fused-ring (bicyclic) bond motifs is 10. The Hall–Kier alpha value is -7.09. The molecule has 0 saturated heterocycles. The Kier molecular flexibility index (Phi) is 7.15. The quantitative estimate of drug-likeness (QED) is 0.174. The van der Waals surface area contributed by atoms with Crippen molar-refractivity contribution in [3.63, 3.8) is 0 Å². The second kappa shape index (κ2) is 12.5. The van der Waals surface area contributed by atoms with Gasteiger partial charge in [0.1, 0.15) is 0 Å². The third-order valence-corrected chi connectivity index (χ3v) is 11.7. The molecule has 0 amide bonds. The summed E-state index contributed by atoms with van der Waals surface area (Å²) in [5.41, 5.74) is 21.3. The summed E-state index contributed by atoms with van der Waals surface area (Å²) in [6.07, 6.45) is 0. The van der Waals surface area contributed by atoms with E-state index in [2.05, 4.69) is 212 Å². The lowest BCUT2D eigenvalue weighted by Gasteiger charge is -2.30. The lowest BCUT2D eigenvalue weighted by Crippen LogP contribution is -2.25. The first-order chi connectivity index (χ1) is 27.3. The Morgan fingerprint density at radius 1 is 0.255 bits per heavy atom. The van der Waals surface area contributed by atoms with Crippen molar-refractivity contribution in [2.75, 3.05) is 0 Å². The molecule has 55 heavy (non-hydrogen) atoms. The SMILES string of the molecule is c1ccc(-c2cc(-c3ccccc3)cc(-c3cc(-c4cccc5c4-c4ccccc4C54c5ccccc5-c5ccccc54)cc(-c4ccccc4)n3)c2)cc1. The van der Waals surface area contributed by atoms with E-state index in [4.69, 9.17) is 4.98 Å². The summed E-state index contributed by atoms with van der Waals surface area (Å²) in [6, 6.07) is 77.5. The van der Waals surface area contributed by atoms with Gasteiger partial charge < -0.3 is 0 Å². The van der Waals surface area contributed by atoms with Crippen molar-refractivity contribution >= 4 is 0 Å². The van der Waals surface area contributed by atoms with E-state index in [1.54, 1.807) is 0 Å². The smallest absolute Gasteiger partial charge is 0.0725 e. The lowest BCUT2D eigenvalue weighted by molar-refractivity contribution is 0.794. The van der Waals surface area contributed by atoms with Crippen LogP contribution in [-0.4, -0.2) is 4.98 Å². The molecule has 1 heteroatoms. The highest BCUT2D eigenvalue weighted by Gasteiger charge is 2.51. The Balaban J connectivity index is 1.18. The zero-order valence-corrected chi connectivity index (χ0v) is 30.2. The molecule has 2 aliphatic rings. The maximum absolute atomic E-state index is 5.44. The monoisotopic (exact) mass is 697 g/mol. The van der Waals surface area contributed by atoms with E-state index < -0.39 is 5.41 Å². The van der Waals surface area contributed by atoms with Crippen LogP contribution in [-0.2, 0) is 5.41 Å². The third kappa shape index (κ3) is 4.83. The van der Waals surface area contributed by atoms with Crippen LogP contribution in [0.2, 0.25) is 0 Å². The summed E-state index contributed by atoms with van der Waals surface area (Å²) in [5, 5.41) is 0. The second-order valence-corrected chi connectivity index (χ2v) is 14.6. The zero-order chi connectivity index (χ0) is 36.3. The molecule has 1 aromatic heterocycles. The highest BCUT2D eigenvalue weighted by Crippen LogP contribution is 2.64. The molecule has 0 bridgehead atoms. The van der Waals surface area contributed by atoms with E-state index in [9.17, 15) is 0 Å². The van der Waals surface area contributed by atoms with Gasteiger partial charge in [0.25, 0.3) is 0 Å². The molecule has 0 radical (unpaired) electrons. The van der Waals surface area contributed by atoms with Gasteiger partial charge in [0.05, 0.1) is 16.8 Å². The van der Waals surface area contributed by atoms with Crippen LogP contribution in [0, 0.1) is 0 Å². The molecule has 1 spiro atoms. The summed E-state index contributed by atoms with van der Waals surface area (Å²) in [6.45, 7) is 0. The van der Waals surface area contributed by atoms with E-state index in [0.29, 0.717) is 0 Å². The Bertz CT molecular complexity index is 2800. The van der Waals surface area contributed by atoms with Crippen LogP contribution >= 0.6 is 0 Å². The third-order valence-electron chi connectivity index (χ3n) is 11.7. The fourth-order valence-corrected chi connectivity index (χ4v) is 9.34. The van der Waals surface area contributed by atoms with Gasteiger partial charge >= 0.3 is 0 Å². The number of nitrogens with zero attached hydrogens (tertiary/aromatic N) is 1. The fourth-order valence-electron chi connectivity index (χ4n) is 9.34. The maximum Gasteiger partial charge on any atom is 0.0725 e. The maximum atomic E-state index is 5.44. The van der Waals surface area contributed by atoms with Crippen molar-refractivity contribution in [3.8, 4) is 78.1 Å². The van der Waals surface area contributed by atoms with Gasteiger partial charge in [-0.3, -0.25) is 0 Å². The van der Waals surface area contributed by atoms with Gasteiger partial charge in [0, 0.05) is 11.1 Å². The average molecular weight is 698 g/mol. The van der Waals surface area contributed by atoms with Crippen molar-refractivity contribution in [3.05, 3.63) is 235 Å². The van der Waals surface area contributed by atoms with E-state index in [1.807, 2.05) is 0 Å². The predicted molar refractivity (Wildman–Crippen MR) is 228 cm³/mol. The molecular weight excluding hydrogens is 663 g/mol. The van der Waals surface area contributed by atoms with Crippen LogP contribution in [0.15, 0.2) is 212 Å². The molecule has 8 aromatic carbocycles. The molecule has 0 unspecified atom stereocenters. The van der Waals surface area contributed by atoms with Crippen molar-refractivity contribution in [1.29, 1.82) is 0 Å². The summed E-state index contributed by atoms with van der Waals surface area (Å²) in [5.74, 6) is 0. The summed E-state index contributed by atoms with van der Waals surface area (Å²) >= 11 is 0. The first-order valence-corrected chi connectivity index (χ1v) is 19.0. The van der Waals surface area contributed by atoms with E-state index in [-0.39, 0.29) is 0 Å². The molecule has 1 heterocycles. The van der Waals surface area contributed by atoms with Gasteiger partial charge in [0.2, 0.25) is 0 Å². The normalized spacial score (nSPS) is 12.9. The molecule has 0 fully saturated rings. The molecule has 2 aliphatic carbocycles. The largest absolute Gasteiger partial charge is 0.248 e. The van der Waals surface area contributed by atoms with Crippen molar-refractivity contribution in [2.24, 2.45) is 0 Å². The van der Waals surface area contributed by atoms with Crippen molar-refractivity contribution in [1.82, 2.24) is 4.98 Å². The first kappa shape index (κ1) is 31.4. The topological polar surface area (TPSA) is 12.9 Å². The van der Waals surface area contributed by atoms with Crippen molar-refractivity contribution < 1.29 is 0 Å². The zero-order valence-electron chi connectivity index (χ0n) is 30.2. The second-order valence-electron chi connectivity index (χ2n) is 14.6. The molecule has 0 N–H and O–H groups in total. The highest BCUT2D eigenvalue weighted by molar-refractivity contribution is 6.00. The number of benzene rings is 8. The van der Waals surface area contributed by atoms with Crippen LogP contribution in [0.25, 0.3) is 78.1 Å². The number of hydrogen-bond donors (Lipinski definition) is 0. The fraction of sp³-hybridized carbons (Fsp3) is 0.0185. The number of aromatic nitrogens is 1. The van der Waals surface area contributed by atoms with E-state index in [1.165, 1.54) is 72.3 Å². The van der Waals surface area contributed by atoms with Gasteiger partial charge in [-0.15, -0.1) is 0 Å². The molecule has 0 saturated carbocycles. The minimum absolute atomic E-state index is 0.401. The van der Waals surface area contributed by atoms with Crippen LogP contribution in [0.1, 0.15) is 22.3 Å². The molecule has 11 rings (SSSR count). The lowest BCUT2D eigenvalue weighted by atomic mass is 9.70. The number of rotatable bonds is 5. The van der Waals surface area contributed by atoms with Gasteiger partial charge in [-0.1, -0.05) is 182 Å². The molecule has 0 aliphatic heterocycles. The summed E-state index contributed by atoms with van der Waals surface area (Å²) in [4.78, 5) is 5.44. The van der Waals surface area contributed by atoms with Gasteiger partial charge in [-0.2, -0.15) is 0 Å². The van der Waals surface area contributed by atoms with Gasteiger partial charge in [-0.25, -0.2) is 4.98 Å².